The van der Waals surface area contributed by atoms with E-state index in [2.05, 4.69) is 32.3 Å². The van der Waals surface area contributed by atoms with Crippen LogP contribution in [0, 0.1) is 5.92 Å². The van der Waals surface area contributed by atoms with E-state index >= 15 is 0 Å². The molecule has 18 heavy (non-hydrogen) atoms. The maximum Gasteiger partial charge on any atom is 0.183 e. The van der Waals surface area contributed by atoms with E-state index in [0.717, 1.165) is 40.8 Å². The number of benzene rings is 1. The summed E-state index contributed by atoms with van der Waals surface area (Å²) in [7, 11) is 0. The fourth-order valence-electron chi connectivity index (χ4n) is 1.74. The minimum Gasteiger partial charge on any atom is -0.379 e. The molecule has 0 radical (unpaired) electrons. The van der Waals surface area contributed by atoms with Gasteiger partial charge in [0.25, 0.3) is 0 Å². The number of ether oxygens (including phenoxy) is 1. The van der Waals surface area contributed by atoms with Crippen LogP contribution in [0.25, 0.3) is 10.2 Å². The summed E-state index contributed by atoms with van der Waals surface area (Å²) < 4.78 is 7.86. The zero-order valence-electron chi connectivity index (χ0n) is 9.99. The minimum atomic E-state index is 0.760. The average Bonchev–Trinajstić information content (AvgIpc) is 3.08. The predicted molar refractivity (Wildman–Crippen MR) is 79.4 cm³/mol. The molecule has 1 aromatic heterocycles. The number of halogens is 1. The largest absolute Gasteiger partial charge is 0.379 e. The Bertz CT molecular complexity index is 539. The quantitative estimate of drug-likeness (QED) is 0.817. The van der Waals surface area contributed by atoms with Crippen molar-refractivity contribution in [3.8, 4) is 0 Å². The van der Waals surface area contributed by atoms with Crippen LogP contribution in [0.2, 0.25) is 0 Å². The lowest BCUT2D eigenvalue weighted by Gasteiger charge is -2.03. The number of hydrogen-bond acceptors (Lipinski definition) is 4. The lowest BCUT2D eigenvalue weighted by Crippen LogP contribution is -2.10. The molecule has 3 rings (SSSR count). The highest BCUT2D eigenvalue weighted by Gasteiger charge is 2.20. The zero-order chi connectivity index (χ0) is 12.4. The van der Waals surface area contributed by atoms with Crippen molar-refractivity contribution in [2.24, 2.45) is 5.92 Å². The maximum atomic E-state index is 5.58. The van der Waals surface area contributed by atoms with Gasteiger partial charge in [-0.25, -0.2) is 4.98 Å². The number of anilines is 1. The molecule has 2 aromatic rings. The van der Waals surface area contributed by atoms with Crippen LogP contribution >= 0.6 is 27.3 Å². The average molecular weight is 327 g/mol. The summed E-state index contributed by atoms with van der Waals surface area (Å²) in [5, 5.41) is 4.29. The van der Waals surface area contributed by atoms with Crippen LogP contribution in [-0.2, 0) is 4.74 Å². The van der Waals surface area contributed by atoms with Crippen LogP contribution in [0.4, 0.5) is 5.13 Å². The van der Waals surface area contributed by atoms with E-state index in [0.29, 0.717) is 0 Å². The van der Waals surface area contributed by atoms with Gasteiger partial charge in [0.05, 0.1) is 16.8 Å². The topological polar surface area (TPSA) is 34.1 Å². The monoisotopic (exact) mass is 326 g/mol. The van der Waals surface area contributed by atoms with Gasteiger partial charge in [-0.05, 0) is 37.0 Å². The number of nitrogens with zero attached hydrogens (tertiary/aromatic N) is 1. The number of rotatable bonds is 6. The van der Waals surface area contributed by atoms with Gasteiger partial charge in [0.2, 0.25) is 0 Å². The van der Waals surface area contributed by atoms with Gasteiger partial charge >= 0.3 is 0 Å². The molecule has 1 aromatic carbocycles. The SMILES string of the molecule is Brc1ccc2sc(NCCOCC3CC3)nc2c1. The lowest BCUT2D eigenvalue weighted by atomic mass is 10.3. The third-order valence-electron chi connectivity index (χ3n) is 2.92. The Morgan fingerprint density at radius 2 is 2.33 bits per heavy atom. The van der Waals surface area contributed by atoms with Crippen molar-refractivity contribution < 1.29 is 4.74 Å². The summed E-state index contributed by atoms with van der Waals surface area (Å²) in [4.78, 5) is 4.54. The summed E-state index contributed by atoms with van der Waals surface area (Å²) in [5.74, 6) is 0.838. The molecule has 0 bridgehead atoms. The van der Waals surface area contributed by atoms with Gasteiger partial charge in [0.15, 0.2) is 5.13 Å². The Balaban J connectivity index is 1.50. The fourth-order valence-corrected chi connectivity index (χ4v) is 2.96. The molecule has 3 nitrogen and oxygen atoms in total. The highest BCUT2D eigenvalue weighted by molar-refractivity contribution is 9.10. The predicted octanol–water partition coefficient (Wildman–Crippen LogP) is 3.90. The van der Waals surface area contributed by atoms with Gasteiger partial charge in [-0.3, -0.25) is 0 Å². The summed E-state index contributed by atoms with van der Waals surface area (Å²) in [6, 6.07) is 6.18. The smallest absolute Gasteiger partial charge is 0.183 e. The van der Waals surface area contributed by atoms with Crippen molar-refractivity contribution in [3.63, 3.8) is 0 Å². The van der Waals surface area contributed by atoms with Gasteiger partial charge in [-0.2, -0.15) is 0 Å². The van der Waals surface area contributed by atoms with Gasteiger partial charge in [-0.15, -0.1) is 0 Å². The molecule has 0 amide bonds. The van der Waals surface area contributed by atoms with Crippen molar-refractivity contribution in [3.05, 3.63) is 22.7 Å². The third kappa shape index (κ3) is 3.22. The van der Waals surface area contributed by atoms with Gasteiger partial charge in [0.1, 0.15) is 0 Å². The lowest BCUT2D eigenvalue weighted by molar-refractivity contribution is 0.134. The molecule has 0 unspecified atom stereocenters. The molecule has 1 fully saturated rings. The van der Waals surface area contributed by atoms with E-state index in [9.17, 15) is 0 Å². The van der Waals surface area contributed by atoms with Crippen LogP contribution < -0.4 is 5.32 Å². The Kier molecular flexibility index (Phi) is 3.82. The molecular weight excluding hydrogens is 312 g/mol. The molecule has 0 spiro atoms. The minimum absolute atomic E-state index is 0.760. The van der Waals surface area contributed by atoms with E-state index < -0.39 is 0 Å². The zero-order valence-corrected chi connectivity index (χ0v) is 12.4. The Morgan fingerprint density at radius 1 is 1.44 bits per heavy atom. The summed E-state index contributed by atoms with van der Waals surface area (Å²) in [6.07, 6.45) is 2.69. The first-order valence-electron chi connectivity index (χ1n) is 6.19. The first-order valence-corrected chi connectivity index (χ1v) is 7.80. The van der Waals surface area contributed by atoms with Crippen molar-refractivity contribution in [1.29, 1.82) is 0 Å². The van der Waals surface area contributed by atoms with Crippen LogP contribution in [-0.4, -0.2) is 24.7 Å². The van der Waals surface area contributed by atoms with Crippen LogP contribution in [0.15, 0.2) is 22.7 Å². The molecule has 5 heteroatoms. The van der Waals surface area contributed by atoms with Crippen molar-refractivity contribution in [2.75, 3.05) is 25.1 Å². The van der Waals surface area contributed by atoms with E-state index in [4.69, 9.17) is 4.74 Å². The molecule has 0 aliphatic heterocycles. The number of thiazole rings is 1. The maximum absolute atomic E-state index is 5.58. The van der Waals surface area contributed by atoms with E-state index in [1.165, 1.54) is 17.5 Å². The molecule has 1 aliphatic rings. The second kappa shape index (κ2) is 5.55. The van der Waals surface area contributed by atoms with E-state index in [-0.39, 0.29) is 0 Å². The summed E-state index contributed by atoms with van der Waals surface area (Å²) >= 11 is 5.14. The van der Waals surface area contributed by atoms with Crippen LogP contribution in [0.5, 0.6) is 0 Å². The van der Waals surface area contributed by atoms with E-state index in [1.54, 1.807) is 11.3 Å². The standard InChI is InChI=1S/C13H15BrN2OS/c14-10-3-4-12-11(7-10)16-13(18-12)15-5-6-17-8-9-1-2-9/h3-4,7,9H,1-2,5-6,8H2,(H,15,16). The summed E-state index contributed by atoms with van der Waals surface area (Å²) in [5.41, 5.74) is 1.04. The van der Waals surface area contributed by atoms with Crippen molar-refractivity contribution >= 4 is 42.6 Å². The number of aromatic nitrogens is 1. The molecule has 0 saturated heterocycles. The summed E-state index contributed by atoms with van der Waals surface area (Å²) in [6.45, 7) is 2.51. The van der Waals surface area contributed by atoms with Crippen LogP contribution in [0.1, 0.15) is 12.8 Å². The van der Waals surface area contributed by atoms with Gasteiger partial charge in [-0.1, -0.05) is 27.3 Å². The number of fused-ring (bicyclic) bond motifs is 1. The first-order chi connectivity index (χ1) is 8.81. The molecular formula is C13H15BrN2OS. The third-order valence-corrected chi connectivity index (χ3v) is 4.41. The van der Waals surface area contributed by atoms with E-state index in [1.807, 2.05) is 12.1 Å². The van der Waals surface area contributed by atoms with Crippen molar-refractivity contribution in [2.45, 2.75) is 12.8 Å². The molecule has 1 aliphatic carbocycles. The van der Waals surface area contributed by atoms with Gasteiger partial charge in [0, 0.05) is 17.6 Å². The Labute approximate surface area is 119 Å². The Hall–Kier alpha value is -0.650. The molecule has 1 saturated carbocycles. The molecule has 1 N–H and O–H groups in total. The van der Waals surface area contributed by atoms with Crippen LogP contribution in [0.3, 0.4) is 0 Å². The van der Waals surface area contributed by atoms with Gasteiger partial charge < -0.3 is 10.1 Å². The number of nitrogens with one attached hydrogen (secondary N) is 1. The highest BCUT2D eigenvalue weighted by Crippen LogP contribution is 2.29. The Morgan fingerprint density at radius 3 is 3.17 bits per heavy atom. The normalized spacial score (nSPS) is 15.2. The molecule has 1 heterocycles. The second-order valence-corrected chi connectivity index (χ2v) is 6.52. The number of hydrogen-bond donors (Lipinski definition) is 1. The van der Waals surface area contributed by atoms with Crippen molar-refractivity contribution in [1.82, 2.24) is 4.98 Å². The highest BCUT2D eigenvalue weighted by atomic mass is 79.9. The first kappa shape index (κ1) is 12.4. The second-order valence-electron chi connectivity index (χ2n) is 4.58. The molecule has 96 valence electrons. The fraction of sp³-hybridized carbons (Fsp3) is 0.462. The molecule has 0 atom stereocenters.